The second-order valence-corrected chi connectivity index (χ2v) is 6.69. The average molecular weight is 416 g/mol. The number of fused-ring (bicyclic) bond motifs is 1. The van der Waals surface area contributed by atoms with Crippen LogP contribution in [-0.4, -0.2) is 28.3 Å². The van der Waals surface area contributed by atoms with Crippen LogP contribution in [-0.2, 0) is 6.42 Å². The Labute approximate surface area is 170 Å². The first-order valence-electron chi connectivity index (χ1n) is 8.81. The van der Waals surface area contributed by atoms with Crippen LogP contribution >= 0.6 is 11.6 Å². The predicted molar refractivity (Wildman–Crippen MR) is 106 cm³/mol. The summed E-state index contributed by atoms with van der Waals surface area (Å²) < 4.78 is 40.5. The maximum atomic E-state index is 14.5. The van der Waals surface area contributed by atoms with Crippen LogP contribution in [0.1, 0.15) is 5.56 Å². The SMILES string of the molecule is COc1ccc(-c2cnc3ccc(OCCc4cccc(Cl)c4)nn23)c(F)c1F. The van der Waals surface area contributed by atoms with Gasteiger partial charge in [0.25, 0.3) is 0 Å². The second kappa shape index (κ2) is 8.05. The van der Waals surface area contributed by atoms with Crippen LogP contribution in [0.5, 0.6) is 11.6 Å². The van der Waals surface area contributed by atoms with E-state index in [-0.39, 0.29) is 11.3 Å². The molecule has 0 fully saturated rings. The first-order chi connectivity index (χ1) is 14.1. The topological polar surface area (TPSA) is 48.7 Å². The summed E-state index contributed by atoms with van der Waals surface area (Å²) in [6.45, 7) is 0.383. The van der Waals surface area contributed by atoms with Gasteiger partial charge < -0.3 is 9.47 Å². The number of aromatic nitrogens is 3. The van der Waals surface area contributed by atoms with E-state index in [0.29, 0.717) is 35.3 Å². The van der Waals surface area contributed by atoms with Gasteiger partial charge in [-0.05, 0) is 35.9 Å². The highest BCUT2D eigenvalue weighted by Crippen LogP contribution is 2.30. The number of ether oxygens (including phenoxy) is 2. The Morgan fingerprint density at radius 3 is 2.72 bits per heavy atom. The van der Waals surface area contributed by atoms with Crippen LogP contribution in [0, 0.1) is 11.6 Å². The van der Waals surface area contributed by atoms with Crippen LogP contribution in [0.15, 0.2) is 54.7 Å². The number of methoxy groups -OCH3 is 1. The highest BCUT2D eigenvalue weighted by molar-refractivity contribution is 6.30. The largest absolute Gasteiger partial charge is 0.494 e. The van der Waals surface area contributed by atoms with E-state index in [1.807, 2.05) is 24.3 Å². The van der Waals surface area contributed by atoms with Crippen LogP contribution in [0.2, 0.25) is 5.02 Å². The molecule has 0 N–H and O–H groups in total. The molecule has 0 radical (unpaired) electrons. The molecule has 0 unspecified atom stereocenters. The lowest BCUT2D eigenvalue weighted by atomic mass is 10.1. The van der Waals surface area contributed by atoms with Crippen molar-refractivity contribution in [1.29, 1.82) is 0 Å². The summed E-state index contributed by atoms with van der Waals surface area (Å²) in [5.74, 6) is -1.92. The van der Waals surface area contributed by atoms with E-state index in [4.69, 9.17) is 21.1 Å². The zero-order chi connectivity index (χ0) is 20.4. The maximum absolute atomic E-state index is 14.5. The van der Waals surface area contributed by atoms with Gasteiger partial charge in [-0.25, -0.2) is 13.9 Å². The Kier molecular flexibility index (Phi) is 5.31. The van der Waals surface area contributed by atoms with E-state index in [1.54, 1.807) is 12.1 Å². The van der Waals surface area contributed by atoms with Gasteiger partial charge in [-0.15, -0.1) is 5.10 Å². The van der Waals surface area contributed by atoms with Crippen molar-refractivity contribution < 1.29 is 18.3 Å². The number of rotatable bonds is 6. The molecule has 0 saturated carbocycles. The van der Waals surface area contributed by atoms with Crippen molar-refractivity contribution in [1.82, 2.24) is 14.6 Å². The third-order valence-corrected chi connectivity index (χ3v) is 4.65. The van der Waals surface area contributed by atoms with Gasteiger partial charge in [0.05, 0.1) is 25.6 Å². The molecule has 8 heteroatoms. The van der Waals surface area contributed by atoms with Crippen molar-refractivity contribution in [3.63, 3.8) is 0 Å². The molecule has 5 nitrogen and oxygen atoms in total. The molecule has 2 aromatic carbocycles. The standard InChI is InChI=1S/C21H16ClF2N3O2/c1-28-17-6-5-15(20(23)21(17)24)16-12-25-18-7-8-19(26-27(16)18)29-10-9-13-3-2-4-14(22)11-13/h2-8,11-12H,9-10H2,1H3. The molecule has 2 heterocycles. The highest BCUT2D eigenvalue weighted by Gasteiger charge is 2.18. The van der Waals surface area contributed by atoms with E-state index < -0.39 is 11.6 Å². The Balaban J connectivity index is 1.59. The number of nitrogens with zero attached hydrogens (tertiary/aromatic N) is 3. The maximum Gasteiger partial charge on any atom is 0.231 e. The number of imidazole rings is 1. The average Bonchev–Trinajstić information content (AvgIpc) is 3.13. The lowest BCUT2D eigenvalue weighted by Crippen LogP contribution is -2.05. The molecule has 0 saturated heterocycles. The molecule has 0 aliphatic carbocycles. The van der Waals surface area contributed by atoms with Crippen molar-refractivity contribution in [2.45, 2.75) is 6.42 Å². The molecule has 29 heavy (non-hydrogen) atoms. The monoisotopic (exact) mass is 415 g/mol. The molecule has 0 atom stereocenters. The molecule has 0 amide bonds. The van der Waals surface area contributed by atoms with Crippen LogP contribution in [0.25, 0.3) is 16.9 Å². The van der Waals surface area contributed by atoms with Crippen LogP contribution in [0.3, 0.4) is 0 Å². The summed E-state index contributed by atoms with van der Waals surface area (Å²) in [5.41, 5.74) is 1.86. The summed E-state index contributed by atoms with van der Waals surface area (Å²) >= 11 is 5.98. The minimum absolute atomic E-state index is 0.0272. The van der Waals surface area contributed by atoms with E-state index in [1.165, 1.54) is 30.0 Å². The van der Waals surface area contributed by atoms with Crippen LogP contribution in [0.4, 0.5) is 8.78 Å². The number of hydrogen-bond acceptors (Lipinski definition) is 4. The van der Waals surface area contributed by atoms with E-state index in [0.717, 1.165) is 5.56 Å². The fourth-order valence-electron chi connectivity index (χ4n) is 2.97. The van der Waals surface area contributed by atoms with E-state index in [9.17, 15) is 8.78 Å². The van der Waals surface area contributed by atoms with E-state index >= 15 is 0 Å². The van der Waals surface area contributed by atoms with Gasteiger partial charge in [-0.3, -0.25) is 0 Å². The van der Waals surface area contributed by atoms with Gasteiger partial charge in [0, 0.05) is 23.1 Å². The second-order valence-electron chi connectivity index (χ2n) is 6.26. The fraction of sp³-hybridized carbons (Fsp3) is 0.143. The minimum Gasteiger partial charge on any atom is -0.494 e. The lowest BCUT2D eigenvalue weighted by molar-refractivity contribution is 0.305. The normalized spacial score (nSPS) is 11.0. The quantitative estimate of drug-likeness (QED) is 0.446. The molecule has 0 bridgehead atoms. The molecule has 0 aliphatic rings. The molecular weight excluding hydrogens is 400 g/mol. The summed E-state index contributed by atoms with van der Waals surface area (Å²) in [4.78, 5) is 4.20. The zero-order valence-electron chi connectivity index (χ0n) is 15.4. The summed E-state index contributed by atoms with van der Waals surface area (Å²) in [6.07, 6.45) is 2.08. The molecule has 148 valence electrons. The third-order valence-electron chi connectivity index (χ3n) is 4.41. The van der Waals surface area contributed by atoms with Crippen molar-refractivity contribution in [2.24, 2.45) is 0 Å². The summed E-state index contributed by atoms with van der Waals surface area (Å²) in [6, 6.07) is 13.7. The third kappa shape index (κ3) is 3.86. The summed E-state index contributed by atoms with van der Waals surface area (Å²) in [7, 11) is 1.28. The molecular formula is C21H16ClF2N3O2. The van der Waals surface area contributed by atoms with E-state index in [2.05, 4.69) is 10.1 Å². The number of benzene rings is 2. The minimum atomic E-state index is -1.06. The van der Waals surface area contributed by atoms with Gasteiger partial charge in [0.2, 0.25) is 11.7 Å². The van der Waals surface area contributed by atoms with Gasteiger partial charge in [-0.2, -0.15) is 4.39 Å². The fourth-order valence-corrected chi connectivity index (χ4v) is 3.18. The van der Waals surface area contributed by atoms with Crippen molar-refractivity contribution in [3.05, 3.63) is 76.9 Å². The number of hydrogen-bond donors (Lipinski definition) is 0. The van der Waals surface area contributed by atoms with Crippen molar-refractivity contribution in [2.75, 3.05) is 13.7 Å². The Hall–Kier alpha value is -3.19. The van der Waals surface area contributed by atoms with Gasteiger partial charge in [-0.1, -0.05) is 23.7 Å². The van der Waals surface area contributed by atoms with Gasteiger partial charge >= 0.3 is 0 Å². The smallest absolute Gasteiger partial charge is 0.231 e. The summed E-state index contributed by atoms with van der Waals surface area (Å²) in [5, 5.41) is 5.02. The first kappa shape index (κ1) is 19.1. The first-order valence-corrected chi connectivity index (χ1v) is 9.19. The molecule has 2 aromatic heterocycles. The highest BCUT2D eigenvalue weighted by atomic mass is 35.5. The zero-order valence-corrected chi connectivity index (χ0v) is 16.2. The van der Waals surface area contributed by atoms with Gasteiger partial charge in [0.1, 0.15) is 0 Å². The molecule has 4 rings (SSSR count). The number of halogens is 3. The molecule has 4 aromatic rings. The molecule has 0 spiro atoms. The molecule has 0 aliphatic heterocycles. The Morgan fingerprint density at radius 2 is 1.93 bits per heavy atom. The van der Waals surface area contributed by atoms with Crippen molar-refractivity contribution in [3.8, 4) is 22.9 Å². The Bertz CT molecular complexity index is 1180. The predicted octanol–water partition coefficient (Wildman–Crippen LogP) is 4.96. The van der Waals surface area contributed by atoms with Crippen LogP contribution < -0.4 is 9.47 Å². The van der Waals surface area contributed by atoms with Gasteiger partial charge in [0.15, 0.2) is 17.2 Å². The lowest BCUT2D eigenvalue weighted by Gasteiger charge is -2.09. The van der Waals surface area contributed by atoms with Crippen molar-refractivity contribution >= 4 is 17.2 Å². The Morgan fingerprint density at radius 1 is 1.07 bits per heavy atom.